The van der Waals surface area contributed by atoms with E-state index in [4.69, 9.17) is 10.8 Å². The number of aliphatic carboxylic acids is 1. The Labute approximate surface area is 91.2 Å². The summed E-state index contributed by atoms with van der Waals surface area (Å²) in [7, 11) is 0. The van der Waals surface area contributed by atoms with Crippen molar-refractivity contribution in [2.45, 2.75) is 6.42 Å². The van der Waals surface area contributed by atoms with Gasteiger partial charge in [-0.2, -0.15) is 0 Å². The first-order valence-electron chi connectivity index (χ1n) is 4.43. The highest BCUT2D eigenvalue weighted by Crippen LogP contribution is 2.18. The van der Waals surface area contributed by atoms with E-state index in [2.05, 4.69) is 0 Å². The van der Waals surface area contributed by atoms with E-state index in [1.807, 2.05) is 0 Å². The van der Waals surface area contributed by atoms with Crippen LogP contribution in [0.1, 0.15) is 5.56 Å². The summed E-state index contributed by atoms with van der Waals surface area (Å²) in [6, 6.07) is 6.11. The van der Waals surface area contributed by atoms with E-state index in [1.54, 1.807) is 18.2 Å². The molecule has 0 aromatic heterocycles. The third-order valence-electron chi connectivity index (χ3n) is 1.98. The molecule has 3 N–H and O–H groups in total. The van der Waals surface area contributed by atoms with Crippen LogP contribution in [0.4, 0.5) is 5.69 Å². The van der Waals surface area contributed by atoms with Gasteiger partial charge in [0, 0.05) is 11.6 Å². The van der Waals surface area contributed by atoms with Crippen LogP contribution < -0.4 is 5.73 Å². The predicted octanol–water partition coefficient (Wildman–Crippen LogP) is 1.06. The van der Waals surface area contributed by atoms with Gasteiger partial charge in [-0.3, -0.25) is 10.1 Å². The van der Waals surface area contributed by atoms with Gasteiger partial charge in [0.2, 0.25) is 0 Å². The molecule has 0 saturated carbocycles. The third kappa shape index (κ3) is 2.81. The maximum Gasteiger partial charge on any atom is 0.351 e. The van der Waals surface area contributed by atoms with Crippen molar-refractivity contribution in [2.24, 2.45) is 5.73 Å². The lowest BCUT2D eigenvalue weighted by molar-refractivity contribution is -0.385. The first-order valence-corrected chi connectivity index (χ1v) is 4.43. The van der Waals surface area contributed by atoms with E-state index in [1.165, 1.54) is 12.1 Å². The molecule has 1 aromatic carbocycles. The van der Waals surface area contributed by atoms with Crippen LogP contribution >= 0.6 is 0 Å². The van der Waals surface area contributed by atoms with Crippen LogP contribution in [0.25, 0.3) is 0 Å². The number of hydrogen-bond donors (Lipinski definition) is 2. The Balaban J connectivity index is 2.94. The molecular weight excluding hydrogens is 212 g/mol. The zero-order chi connectivity index (χ0) is 12.1. The molecule has 1 rings (SSSR count). The van der Waals surface area contributed by atoms with Crippen molar-refractivity contribution in [3.63, 3.8) is 0 Å². The molecule has 1 aromatic rings. The number of hydrogen-bond acceptors (Lipinski definition) is 4. The molecule has 84 valence electrons. The summed E-state index contributed by atoms with van der Waals surface area (Å²) in [4.78, 5) is 20.5. The molecule has 0 aliphatic rings. The predicted molar refractivity (Wildman–Crippen MR) is 56.7 cm³/mol. The standard InChI is InChI=1S/C10H10N2O4/c11-8(10(13)14)6-5-7-3-1-2-4-9(7)12(15)16/h1-4,6H,5,11H2,(H,13,14)/b8-6-. The SMILES string of the molecule is N/C(=C\Cc1ccccc1[N+](=O)[O-])C(=O)O. The number of carboxylic acid groups (broad SMARTS) is 1. The van der Waals surface area contributed by atoms with Crippen molar-refractivity contribution in [1.82, 2.24) is 0 Å². The number of carbonyl (C=O) groups is 1. The van der Waals surface area contributed by atoms with Crippen LogP contribution in [-0.2, 0) is 11.2 Å². The number of benzene rings is 1. The highest BCUT2D eigenvalue weighted by Gasteiger charge is 2.11. The van der Waals surface area contributed by atoms with Crippen LogP contribution in [0.2, 0.25) is 0 Å². The van der Waals surface area contributed by atoms with Crippen LogP contribution in [0.5, 0.6) is 0 Å². The van der Waals surface area contributed by atoms with Crippen molar-refractivity contribution in [3.05, 3.63) is 51.7 Å². The van der Waals surface area contributed by atoms with Gasteiger partial charge in [-0.1, -0.05) is 18.2 Å². The molecule has 0 bridgehead atoms. The average molecular weight is 222 g/mol. The number of rotatable bonds is 4. The Bertz CT molecular complexity index is 454. The van der Waals surface area contributed by atoms with Gasteiger partial charge in [0.05, 0.1) is 4.92 Å². The second-order valence-corrected chi connectivity index (χ2v) is 3.05. The number of nitrogens with two attached hydrogens (primary N) is 1. The quantitative estimate of drug-likeness (QED) is 0.450. The Morgan fingerprint density at radius 3 is 2.69 bits per heavy atom. The molecule has 0 spiro atoms. The maximum atomic E-state index is 10.6. The van der Waals surface area contributed by atoms with Crippen molar-refractivity contribution in [2.75, 3.05) is 0 Å². The molecule has 6 nitrogen and oxygen atoms in total. The van der Waals surface area contributed by atoms with E-state index < -0.39 is 10.9 Å². The highest BCUT2D eigenvalue weighted by molar-refractivity contribution is 5.85. The minimum Gasteiger partial charge on any atom is -0.477 e. The van der Waals surface area contributed by atoms with Gasteiger partial charge in [-0.15, -0.1) is 0 Å². The van der Waals surface area contributed by atoms with Crippen molar-refractivity contribution in [1.29, 1.82) is 0 Å². The molecule has 0 aliphatic heterocycles. The van der Waals surface area contributed by atoms with Gasteiger partial charge >= 0.3 is 5.97 Å². The summed E-state index contributed by atoms with van der Waals surface area (Å²) < 4.78 is 0. The van der Waals surface area contributed by atoms with Crippen LogP contribution in [0, 0.1) is 10.1 Å². The lowest BCUT2D eigenvalue weighted by atomic mass is 10.1. The van der Waals surface area contributed by atoms with Gasteiger partial charge in [0.25, 0.3) is 5.69 Å². The fraction of sp³-hybridized carbons (Fsp3) is 0.100. The first kappa shape index (κ1) is 11.7. The van der Waals surface area contributed by atoms with E-state index in [9.17, 15) is 14.9 Å². The number of para-hydroxylation sites is 1. The molecule has 0 amide bonds. The molecule has 0 fully saturated rings. The normalized spacial score (nSPS) is 11.1. The van der Waals surface area contributed by atoms with Crippen molar-refractivity contribution >= 4 is 11.7 Å². The second-order valence-electron chi connectivity index (χ2n) is 3.05. The largest absolute Gasteiger partial charge is 0.477 e. The number of allylic oxidation sites excluding steroid dienone is 1. The minimum absolute atomic E-state index is 0.0445. The Kier molecular flexibility index (Phi) is 3.60. The summed E-state index contributed by atoms with van der Waals surface area (Å²) in [6.07, 6.45) is 1.36. The number of nitro benzene ring substituents is 1. The second kappa shape index (κ2) is 4.92. The fourth-order valence-electron chi connectivity index (χ4n) is 1.17. The Morgan fingerprint density at radius 1 is 1.50 bits per heavy atom. The summed E-state index contributed by atoms with van der Waals surface area (Å²) in [6.45, 7) is 0. The lowest BCUT2D eigenvalue weighted by Crippen LogP contribution is -2.10. The monoisotopic (exact) mass is 222 g/mol. The van der Waals surface area contributed by atoms with E-state index in [0.29, 0.717) is 5.56 Å². The zero-order valence-electron chi connectivity index (χ0n) is 8.29. The Morgan fingerprint density at radius 2 is 2.12 bits per heavy atom. The van der Waals surface area contributed by atoms with Crippen LogP contribution in [-0.4, -0.2) is 16.0 Å². The van der Waals surface area contributed by atoms with Crippen LogP contribution in [0.3, 0.4) is 0 Å². The van der Waals surface area contributed by atoms with Gasteiger partial charge in [-0.25, -0.2) is 4.79 Å². The maximum absolute atomic E-state index is 10.6. The molecule has 0 radical (unpaired) electrons. The van der Waals surface area contributed by atoms with Crippen LogP contribution in [0.15, 0.2) is 36.0 Å². The molecule has 16 heavy (non-hydrogen) atoms. The van der Waals surface area contributed by atoms with E-state index in [0.717, 1.165) is 0 Å². The van der Waals surface area contributed by atoms with E-state index >= 15 is 0 Å². The van der Waals surface area contributed by atoms with E-state index in [-0.39, 0.29) is 17.8 Å². The molecule has 0 saturated heterocycles. The molecule has 6 heteroatoms. The molecule has 0 unspecified atom stereocenters. The Hall–Kier alpha value is -2.37. The number of nitrogens with zero attached hydrogens (tertiary/aromatic N) is 1. The molecular formula is C10H10N2O4. The minimum atomic E-state index is -1.24. The number of carboxylic acids is 1. The van der Waals surface area contributed by atoms with Crippen molar-refractivity contribution < 1.29 is 14.8 Å². The summed E-state index contributed by atoms with van der Waals surface area (Å²) >= 11 is 0. The summed E-state index contributed by atoms with van der Waals surface area (Å²) in [5, 5.41) is 19.1. The first-order chi connectivity index (χ1) is 7.52. The van der Waals surface area contributed by atoms with Gasteiger partial charge in [-0.05, 0) is 12.5 Å². The molecule has 0 aliphatic carbocycles. The fourth-order valence-corrected chi connectivity index (χ4v) is 1.17. The highest BCUT2D eigenvalue weighted by atomic mass is 16.6. The average Bonchev–Trinajstić information content (AvgIpc) is 2.25. The molecule has 0 atom stereocenters. The number of nitro groups is 1. The van der Waals surface area contributed by atoms with Crippen molar-refractivity contribution in [3.8, 4) is 0 Å². The summed E-state index contributed by atoms with van der Waals surface area (Å²) in [5.74, 6) is -1.24. The third-order valence-corrected chi connectivity index (χ3v) is 1.98. The zero-order valence-corrected chi connectivity index (χ0v) is 8.29. The van der Waals surface area contributed by atoms with Gasteiger partial charge in [0.15, 0.2) is 0 Å². The van der Waals surface area contributed by atoms with Gasteiger partial charge < -0.3 is 10.8 Å². The smallest absolute Gasteiger partial charge is 0.351 e. The molecule has 0 heterocycles. The summed E-state index contributed by atoms with van der Waals surface area (Å²) in [5.41, 5.74) is 5.24. The van der Waals surface area contributed by atoms with Gasteiger partial charge in [0.1, 0.15) is 5.70 Å². The lowest BCUT2D eigenvalue weighted by Gasteiger charge is -1.99. The topological polar surface area (TPSA) is 106 Å².